The van der Waals surface area contributed by atoms with Crippen molar-refractivity contribution >= 4 is 5.91 Å². The predicted molar refractivity (Wildman–Crippen MR) is 76.7 cm³/mol. The van der Waals surface area contributed by atoms with E-state index in [1.54, 1.807) is 0 Å². The summed E-state index contributed by atoms with van der Waals surface area (Å²) in [6.45, 7) is 3.06. The molecule has 3 fully saturated rings. The molecule has 1 atom stereocenters. The van der Waals surface area contributed by atoms with Crippen LogP contribution in [0.5, 0.6) is 0 Å². The molecule has 3 nitrogen and oxygen atoms in total. The van der Waals surface area contributed by atoms with E-state index in [-0.39, 0.29) is 5.54 Å². The van der Waals surface area contributed by atoms with Crippen molar-refractivity contribution in [2.75, 3.05) is 6.67 Å². The minimum absolute atomic E-state index is 0.165. The molecule has 0 bridgehead atoms. The lowest BCUT2D eigenvalue weighted by Crippen LogP contribution is -2.47. The Labute approximate surface area is 117 Å². The van der Waals surface area contributed by atoms with Gasteiger partial charge in [-0.1, -0.05) is 39.0 Å². The van der Waals surface area contributed by atoms with Crippen molar-refractivity contribution in [2.24, 2.45) is 5.92 Å². The van der Waals surface area contributed by atoms with Crippen LogP contribution in [0.15, 0.2) is 0 Å². The first-order valence-corrected chi connectivity index (χ1v) is 8.33. The summed E-state index contributed by atoms with van der Waals surface area (Å²) in [6, 6.07) is 0.486. The van der Waals surface area contributed by atoms with Gasteiger partial charge in [-0.25, -0.2) is 0 Å². The fourth-order valence-electron chi connectivity index (χ4n) is 4.62. The Bertz CT molecular complexity index is 330. The average molecular weight is 264 g/mol. The second-order valence-corrected chi connectivity index (χ2v) is 6.77. The van der Waals surface area contributed by atoms with Crippen LogP contribution in [-0.2, 0) is 4.79 Å². The molecular formula is C16H28N2O. The third-order valence-corrected chi connectivity index (χ3v) is 5.73. The van der Waals surface area contributed by atoms with Crippen molar-refractivity contribution in [1.29, 1.82) is 0 Å². The van der Waals surface area contributed by atoms with Crippen molar-refractivity contribution < 1.29 is 4.79 Å². The van der Waals surface area contributed by atoms with Gasteiger partial charge in [-0.3, -0.25) is 10.1 Å². The molecule has 3 rings (SSSR count). The van der Waals surface area contributed by atoms with E-state index in [0.29, 0.717) is 11.9 Å². The van der Waals surface area contributed by atoms with Crippen LogP contribution >= 0.6 is 0 Å². The van der Waals surface area contributed by atoms with Gasteiger partial charge in [0.05, 0.1) is 12.2 Å². The van der Waals surface area contributed by atoms with Crippen LogP contribution in [-0.4, -0.2) is 29.1 Å². The largest absolute Gasteiger partial charge is 0.325 e. The van der Waals surface area contributed by atoms with Gasteiger partial charge in [0.15, 0.2) is 0 Å². The number of amides is 1. The van der Waals surface area contributed by atoms with Gasteiger partial charge in [-0.05, 0) is 38.0 Å². The quantitative estimate of drug-likeness (QED) is 0.849. The molecule has 19 heavy (non-hydrogen) atoms. The van der Waals surface area contributed by atoms with Crippen LogP contribution in [0.3, 0.4) is 0 Å². The fourth-order valence-corrected chi connectivity index (χ4v) is 4.62. The van der Waals surface area contributed by atoms with Crippen molar-refractivity contribution in [3.63, 3.8) is 0 Å². The highest BCUT2D eigenvalue weighted by atomic mass is 16.2. The average Bonchev–Trinajstić information content (AvgIpc) is 3.04. The maximum Gasteiger partial charge on any atom is 0.244 e. The maximum absolute atomic E-state index is 12.8. The van der Waals surface area contributed by atoms with Crippen LogP contribution in [0.1, 0.15) is 71.1 Å². The van der Waals surface area contributed by atoms with Crippen molar-refractivity contribution in [3.05, 3.63) is 0 Å². The van der Waals surface area contributed by atoms with E-state index in [4.69, 9.17) is 0 Å². The second kappa shape index (κ2) is 5.43. The molecule has 3 heteroatoms. The summed E-state index contributed by atoms with van der Waals surface area (Å²) in [5.74, 6) is 1.17. The van der Waals surface area contributed by atoms with Gasteiger partial charge in [0, 0.05) is 6.04 Å². The molecule has 1 unspecified atom stereocenters. The van der Waals surface area contributed by atoms with Gasteiger partial charge >= 0.3 is 0 Å². The van der Waals surface area contributed by atoms with Crippen LogP contribution in [0.4, 0.5) is 0 Å². The molecule has 1 saturated heterocycles. The molecule has 1 amide bonds. The summed E-state index contributed by atoms with van der Waals surface area (Å²) in [6.07, 6.45) is 12.4. The Morgan fingerprint density at radius 1 is 1.21 bits per heavy atom. The van der Waals surface area contributed by atoms with Gasteiger partial charge in [-0.15, -0.1) is 0 Å². The number of nitrogens with zero attached hydrogens (tertiary/aromatic N) is 1. The molecule has 2 aliphatic carbocycles. The number of carbonyl (C=O) groups excluding carboxylic acids is 1. The van der Waals surface area contributed by atoms with Crippen LogP contribution < -0.4 is 5.32 Å². The number of hydrogen-bond donors (Lipinski definition) is 1. The van der Waals surface area contributed by atoms with E-state index in [1.807, 2.05) is 0 Å². The smallest absolute Gasteiger partial charge is 0.244 e. The third kappa shape index (κ3) is 2.31. The summed E-state index contributed by atoms with van der Waals surface area (Å²) in [5.41, 5.74) is -0.165. The molecule has 0 aromatic carbocycles. The van der Waals surface area contributed by atoms with Crippen LogP contribution in [0, 0.1) is 5.92 Å². The zero-order chi connectivity index (χ0) is 13.3. The molecular weight excluding hydrogens is 236 g/mol. The van der Waals surface area contributed by atoms with E-state index < -0.39 is 0 Å². The molecule has 1 aliphatic heterocycles. The van der Waals surface area contributed by atoms with Crippen LogP contribution in [0.25, 0.3) is 0 Å². The van der Waals surface area contributed by atoms with E-state index in [0.717, 1.165) is 31.8 Å². The van der Waals surface area contributed by atoms with Gasteiger partial charge in [0.1, 0.15) is 0 Å². The zero-order valence-electron chi connectivity index (χ0n) is 12.3. The molecule has 1 heterocycles. The molecule has 3 aliphatic rings. The number of nitrogens with one attached hydrogen (secondary N) is 1. The first-order chi connectivity index (χ1) is 9.27. The molecule has 1 spiro atoms. The third-order valence-electron chi connectivity index (χ3n) is 5.73. The summed E-state index contributed by atoms with van der Waals surface area (Å²) in [7, 11) is 0. The topological polar surface area (TPSA) is 32.3 Å². The lowest BCUT2D eigenvalue weighted by Gasteiger charge is -2.36. The molecule has 0 radical (unpaired) electrons. The second-order valence-electron chi connectivity index (χ2n) is 6.77. The molecule has 1 N–H and O–H groups in total. The van der Waals surface area contributed by atoms with Crippen LogP contribution in [0.2, 0.25) is 0 Å². The summed E-state index contributed by atoms with van der Waals surface area (Å²) >= 11 is 0. The predicted octanol–water partition coefficient (Wildman–Crippen LogP) is 3.05. The van der Waals surface area contributed by atoms with Crippen molar-refractivity contribution in [2.45, 2.75) is 82.7 Å². The monoisotopic (exact) mass is 264 g/mol. The maximum atomic E-state index is 12.8. The van der Waals surface area contributed by atoms with Gasteiger partial charge in [0.25, 0.3) is 0 Å². The lowest BCUT2D eigenvalue weighted by atomic mass is 9.82. The molecule has 0 aromatic rings. The molecule has 2 saturated carbocycles. The van der Waals surface area contributed by atoms with E-state index in [9.17, 15) is 4.79 Å². The standard InChI is InChI=1S/C16H28N2O/c1-2-14(13-8-4-3-5-9-13)18-12-17-16(15(18)19)10-6-7-11-16/h13-14,17H,2-12H2,1H3. The van der Waals surface area contributed by atoms with Crippen molar-refractivity contribution in [1.82, 2.24) is 10.2 Å². The fraction of sp³-hybridized carbons (Fsp3) is 0.938. The minimum Gasteiger partial charge on any atom is -0.325 e. The Balaban J connectivity index is 1.71. The van der Waals surface area contributed by atoms with Gasteiger partial charge in [-0.2, -0.15) is 0 Å². The SMILES string of the molecule is CCC(C1CCCCC1)N1CNC2(CCCC2)C1=O. The number of hydrogen-bond acceptors (Lipinski definition) is 2. The van der Waals surface area contributed by atoms with E-state index in [2.05, 4.69) is 17.1 Å². The van der Waals surface area contributed by atoms with E-state index in [1.165, 1.54) is 44.9 Å². The minimum atomic E-state index is -0.165. The Morgan fingerprint density at radius 3 is 2.53 bits per heavy atom. The Morgan fingerprint density at radius 2 is 1.89 bits per heavy atom. The van der Waals surface area contributed by atoms with Gasteiger partial charge < -0.3 is 4.90 Å². The summed E-state index contributed by atoms with van der Waals surface area (Å²) < 4.78 is 0. The Kier molecular flexibility index (Phi) is 3.84. The van der Waals surface area contributed by atoms with Gasteiger partial charge in [0.2, 0.25) is 5.91 Å². The highest BCUT2D eigenvalue weighted by Gasteiger charge is 2.50. The lowest BCUT2D eigenvalue weighted by molar-refractivity contribution is -0.135. The molecule has 108 valence electrons. The highest BCUT2D eigenvalue weighted by molar-refractivity contribution is 5.89. The van der Waals surface area contributed by atoms with Crippen molar-refractivity contribution in [3.8, 4) is 0 Å². The zero-order valence-corrected chi connectivity index (χ0v) is 12.3. The number of carbonyl (C=O) groups is 1. The van der Waals surface area contributed by atoms with E-state index >= 15 is 0 Å². The highest BCUT2D eigenvalue weighted by Crippen LogP contribution is 2.38. The Hall–Kier alpha value is -0.570. The normalized spacial score (nSPS) is 29.3. The number of rotatable bonds is 3. The first kappa shape index (κ1) is 13.4. The molecule has 0 aromatic heterocycles. The first-order valence-electron chi connectivity index (χ1n) is 8.33. The summed E-state index contributed by atoms with van der Waals surface area (Å²) in [5, 5.41) is 3.56. The summed E-state index contributed by atoms with van der Waals surface area (Å²) in [4.78, 5) is 15.0.